The largest absolute Gasteiger partial charge is 0.494 e. The van der Waals surface area contributed by atoms with Crippen molar-refractivity contribution in [2.45, 2.75) is 64.4 Å². The van der Waals surface area contributed by atoms with Gasteiger partial charge < -0.3 is 9.68 Å². The Balaban J connectivity index is 1.79. The van der Waals surface area contributed by atoms with E-state index in [0.717, 1.165) is 37.7 Å². The summed E-state index contributed by atoms with van der Waals surface area (Å²) < 4.78 is 32.3. The summed E-state index contributed by atoms with van der Waals surface area (Å²) in [5, 5.41) is 9.99. The van der Waals surface area contributed by atoms with Gasteiger partial charge in [-0.3, -0.25) is 0 Å². The van der Waals surface area contributed by atoms with E-state index >= 15 is 0 Å². The fourth-order valence-electron chi connectivity index (χ4n) is 3.21. The molecule has 1 aromatic carbocycles. The van der Waals surface area contributed by atoms with Gasteiger partial charge in [0, 0.05) is 11.6 Å². The molecule has 1 N–H and O–H groups in total. The molecule has 5 heteroatoms. The van der Waals surface area contributed by atoms with Crippen LogP contribution in [0.2, 0.25) is 0 Å². The molecule has 1 fully saturated rings. The maximum atomic E-state index is 13.6. The van der Waals surface area contributed by atoms with Gasteiger partial charge in [-0.25, -0.2) is 8.78 Å². The van der Waals surface area contributed by atoms with Gasteiger partial charge in [0.25, 0.3) is 0 Å². The molecule has 22 heavy (non-hydrogen) atoms. The SMILES string of the molecule is CCCCCC1CCC(OB(O)c2cccc(F)c2F)CC1. The Hall–Kier alpha value is -0.935. The van der Waals surface area contributed by atoms with Crippen molar-refractivity contribution >= 4 is 12.6 Å². The van der Waals surface area contributed by atoms with Crippen molar-refractivity contribution in [3.05, 3.63) is 29.8 Å². The van der Waals surface area contributed by atoms with Crippen LogP contribution in [0.5, 0.6) is 0 Å². The molecule has 0 atom stereocenters. The second-order valence-electron chi connectivity index (χ2n) is 6.27. The van der Waals surface area contributed by atoms with E-state index in [-0.39, 0.29) is 11.6 Å². The molecule has 1 aliphatic carbocycles. The van der Waals surface area contributed by atoms with Crippen LogP contribution in [0.4, 0.5) is 8.78 Å². The molecule has 1 aromatic rings. The first-order chi connectivity index (χ1) is 10.6. The predicted molar refractivity (Wildman–Crippen MR) is 84.9 cm³/mol. The van der Waals surface area contributed by atoms with Crippen molar-refractivity contribution in [2.75, 3.05) is 0 Å². The first-order valence-corrected chi connectivity index (χ1v) is 8.39. The van der Waals surface area contributed by atoms with Gasteiger partial charge >= 0.3 is 7.12 Å². The van der Waals surface area contributed by atoms with Crippen molar-refractivity contribution in [1.82, 2.24) is 0 Å². The van der Waals surface area contributed by atoms with Crippen LogP contribution in [0, 0.1) is 17.6 Å². The van der Waals surface area contributed by atoms with Crippen molar-refractivity contribution in [3.63, 3.8) is 0 Å². The third kappa shape index (κ3) is 4.78. The molecule has 0 unspecified atom stereocenters. The molecule has 0 aliphatic heterocycles. The fraction of sp³-hybridized carbons (Fsp3) is 0.647. The second-order valence-corrected chi connectivity index (χ2v) is 6.27. The van der Waals surface area contributed by atoms with Gasteiger partial charge in [0.15, 0.2) is 11.6 Å². The van der Waals surface area contributed by atoms with Gasteiger partial charge in [0.05, 0.1) is 0 Å². The maximum absolute atomic E-state index is 13.6. The fourth-order valence-corrected chi connectivity index (χ4v) is 3.21. The van der Waals surface area contributed by atoms with Crippen LogP contribution in [-0.4, -0.2) is 18.2 Å². The molecule has 0 amide bonds. The van der Waals surface area contributed by atoms with Crippen LogP contribution in [0.3, 0.4) is 0 Å². The Labute approximate surface area is 132 Å². The summed E-state index contributed by atoms with van der Waals surface area (Å²) in [5.41, 5.74) is -0.120. The molecule has 1 saturated carbocycles. The van der Waals surface area contributed by atoms with Crippen molar-refractivity contribution in [1.29, 1.82) is 0 Å². The average Bonchev–Trinajstić information content (AvgIpc) is 2.52. The number of unbranched alkanes of at least 4 members (excludes halogenated alkanes) is 2. The summed E-state index contributed by atoms with van der Waals surface area (Å²) in [5.74, 6) is -1.24. The highest BCUT2D eigenvalue weighted by Crippen LogP contribution is 2.30. The van der Waals surface area contributed by atoms with Crippen LogP contribution < -0.4 is 5.46 Å². The third-order valence-corrected chi connectivity index (χ3v) is 4.58. The number of halogens is 2. The maximum Gasteiger partial charge on any atom is 0.494 e. The molecule has 122 valence electrons. The number of benzene rings is 1. The average molecular weight is 310 g/mol. The Morgan fingerprint density at radius 2 is 1.91 bits per heavy atom. The zero-order valence-electron chi connectivity index (χ0n) is 13.2. The molecule has 0 saturated heterocycles. The number of hydrogen-bond acceptors (Lipinski definition) is 2. The van der Waals surface area contributed by atoms with Crippen LogP contribution in [-0.2, 0) is 4.65 Å². The Bertz CT molecular complexity index is 462. The molecule has 1 aliphatic rings. The lowest BCUT2D eigenvalue weighted by Crippen LogP contribution is -2.40. The van der Waals surface area contributed by atoms with Crippen molar-refractivity contribution in [2.24, 2.45) is 5.92 Å². The highest BCUT2D eigenvalue weighted by atomic mass is 19.2. The minimum absolute atomic E-state index is 0.0694. The van der Waals surface area contributed by atoms with Gasteiger partial charge in [-0.15, -0.1) is 0 Å². The summed E-state index contributed by atoms with van der Waals surface area (Å²) in [6.45, 7) is 2.21. The molecule has 2 nitrogen and oxygen atoms in total. The van der Waals surface area contributed by atoms with E-state index in [9.17, 15) is 13.8 Å². The Kier molecular flexibility index (Phi) is 6.84. The van der Waals surface area contributed by atoms with Crippen LogP contribution in [0.25, 0.3) is 0 Å². The van der Waals surface area contributed by atoms with Gasteiger partial charge in [-0.2, -0.15) is 0 Å². The normalized spacial score (nSPS) is 21.8. The minimum Gasteiger partial charge on any atom is -0.423 e. The molecule has 0 aromatic heterocycles. The summed E-state index contributed by atoms with van der Waals surface area (Å²) in [4.78, 5) is 0. The van der Waals surface area contributed by atoms with Crippen molar-refractivity contribution < 1.29 is 18.5 Å². The van der Waals surface area contributed by atoms with E-state index < -0.39 is 18.8 Å². The van der Waals surface area contributed by atoms with Gasteiger partial charge in [0.2, 0.25) is 0 Å². The predicted octanol–water partition coefficient (Wildman–Crippen LogP) is 3.81. The second kappa shape index (κ2) is 8.63. The van der Waals surface area contributed by atoms with E-state index in [1.54, 1.807) is 0 Å². The summed E-state index contributed by atoms with van der Waals surface area (Å²) >= 11 is 0. The zero-order valence-corrected chi connectivity index (χ0v) is 13.2. The summed E-state index contributed by atoms with van der Waals surface area (Å²) in [6, 6.07) is 3.78. The van der Waals surface area contributed by atoms with E-state index in [4.69, 9.17) is 4.65 Å². The monoisotopic (exact) mass is 310 g/mol. The summed E-state index contributed by atoms with van der Waals surface area (Å²) in [6.07, 6.45) is 8.94. The smallest absolute Gasteiger partial charge is 0.423 e. The Morgan fingerprint density at radius 3 is 2.59 bits per heavy atom. The zero-order chi connectivity index (χ0) is 15.9. The van der Waals surface area contributed by atoms with Gasteiger partial charge in [-0.05, 0) is 37.7 Å². The molecule has 0 spiro atoms. The third-order valence-electron chi connectivity index (χ3n) is 4.58. The van der Waals surface area contributed by atoms with Gasteiger partial charge in [-0.1, -0.05) is 44.7 Å². The van der Waals surface area contributed by atoms with E-state index in [0.29, 0.717) is 0 Å². The molecule has 0 heterocycles. The first-order valence-electron chi connectivity index (χ1n) is 8.39. The topological polar surface area (TPSA) is 29.5 Å². The highest BCUT2D eigenvalue weighted by Gasteiger charge is 2.29. The Morgan fingerprint density at radius 1 is 1.18 bits per heavy atom. The van der Waals surface area contributed by atoms with Crippen LogP contribution in [0.15, 0.2) is 18.2 Å². The standard InChI is InChI=1S/C17H25BF2O2/c1-2-3-4-6-13-9-11-14(12-10-13)22-18(21)15-7-5-8-16(19)17(15)20/h5,7-8,13-14,21H,2-4,6,9-12H2,1H3. The molecular formula is C17H25BF2O2. The summed E-state index contributed by atoms with van der Waals surface area (Å²) in [7, 11) is -1.39. The molecule has 0 radical (unpaired) electrons. The van der Waals surface area contributed by atoms with E-state index in [1.807, 2.05) is 0 Å². The van der Waals surface area contributed by atoms with Gasteiger partial charge in [0.1, 0.15) is 0 Å². The number of rotatable bonds is 7. The quantitative estimate of drug-likeness (QED) is 0.613. The molecule has 2 rings (SSSR count). The van der Waals surface area contributed by atoms with Crippen LogP contribution in [0.1, 0.15) is 58.3 Å². The van der Waals surface area contributed by atoms with E-state index in [2.05, 4.69) is 6.92 Å². The highest BCUT2D eigenvalue weighted by molar-refractivity contribution is 6.60. The lowest BCUT2D eigenvalue weighted by Gasteiger charge is -2.29. The lowest BCUT2D eigenvalue weighted by molar-refractivity contribution is 0.109. The van der Waals surface area contributed by atoms with Crippen LogP contribution >= 0.6 is 0 Å². The molecular weight excluding hydrogens is 285 g/mol. The first kappa shape index (κ1) is 17.4. The number of hydrogen-bond donors (Lipinski definition) is 1. The van der Waals surface area contributed by atoms with E-state index in [1.165, 1.54) is 37.8 Å². The van der Waals surface area contributed by atoms with Crippen molar-refractivity contribution in [3.8, 4) is 0 Å². The molecule has 0 bridgehead atoms. The lowest BCUT2D eigenvalue weighted by atomic mass is 9.77. The minimum atomic E-state index is -1.39.